The molecule has 0 saturated heterocycles. The molecule has 1 aliphatic rings. The van der Waals surface area contributed by atoms with Crippen LogP contribution in [0.4, 0.5) is 5.69 Å². The van der Waals surface area contributed by atoms with Crippen LogP contribution in [-0.4, -0.2) is 43.0 Å². The van der Waals surface area contributed by atoms with E-state index in [0.29, 0.717) is 25.8 Å². The summed E-state index contributed by atoms with van der Waals surface area (Å²) in [4.78, 5) is 25.9. The van der Waals surface area contributed by atoms with Crippen LogP contribution in [0, 0.1) is 0 Å². The van der Waals surface area contributed by atoms with Crippen molar-refractivity contribution < 1.29 is 9.59 Å². The number of amides is 2. The van der Waals surface area contributed by atoms with Gasteiger partial charge in [0.1, 0.15) is 0 Å². The summed E-state index contributed by atoms with van der Waals surface area (Å²) in [5.74, 6) is 0.871. The second kappa shape index (κ2) is 8.93. The molecule has 5 nitrogen and oxygen atoms in total. The summed E-state index contributed by atoms with van der Waals surface area (Å²) in [6.45, 7) is 1.25. The Morgan fingerprint density at radius 2 is 2.17 bits per heavy atom. The quantitative estimate of drug-likeness (QED) is 0.707. The van der Waals surface area contributed by atoms with Gasteiger partial charge >= 0.3 is 0 Å². The first kappa shape index (κ1) is 17.8. The van der Waals surface area contributed by atoms with Gasteiger partial charge in [0.05, 0.1) is 6.04 Å². The van der Waals surface area contributed by atoms with E-state index in [4.69, 9.17) is 5.73 Å². The van der Waals surface area contributed by atoms with Gasteiger partial charge < -0.3 is 16.0 Å². The molecule has 6 heteroatoms. The monoisotopic (exact) mass is 335 g/mol. The van der Waals surface area contributed by atoms with E-state index >= 15 is 0 Å². The molecular weight excluding hydrogens is 310 g/mol. The van der Waals surface area contributed by atoms with Gasteiger partial charge in [-0.05, 0) is 42.9 Å². The third-order valence-electron chi connectivity index (χ3n) is 4.02. The Bertz CT molecular complexity index is 550. The topological polar surface area (TPSA) is 75.4 Å². The number of nitrogens with two attached hydrogens (primary N) is 1. The molecule has 2 rings (SSSR count). The SMILES string of the molecule is CSCC[C@H](N)C(=O)NCCCC(=O)N1CCc2ccccc21. The smallest absolute Gasteiger partial charge is 0.236 e. The number of fused-ring (bicyclic) bond motifs is 1. The number of nitrogens with one attached hydrogen (secondary N) is 1. The lowest BCUT2D eigenvalue weighted by molar-refractivity contribution is -0.123. The third kappa shape index (κ3) is 4.97. The number of thioether (sulfide) groups is 1. The minimum atomic E-state index is -0.455. The molecule has 1 atom stereocenters. The maximum atomic E-state index is 12.3. The molecule has 1 aromatic rings. The van der Waals surface area contributed by atoms with Gasteiger partial charge in [-0.25, -0.2) is 0 Å². The number of hydrogen-bond acceptors (Lipinski definition) is 4. The molecular formula is C17H25N3O2S. The van der Waals surface area contributed by atoms with E-state index in [1.54, 1.807) is 11.8 Å². The van der Waals surface area contributed by atoms with E-state index in [1.807, 2.05) is 29.4 Å². The zero-order valence-electron chi connectivity index (χ0n) is 13.6. The van der Waals surface area contributed by atoms with Crippen molar-refractivity contribution in [1.29, 1.82) is 0 Å². The van der Waals surface area contributed by atoms with Crippen molar-refractivity contribution in [2.75, 3.05) is 30.0 Å². The van der Waals surface area contributed by atoms with E-state index in [2.05, 4.69) is 11.4 Å². The first-order valence-electron chi connectivity index (χ1n) is 8.04. The van der Waals surface area contributed by atoms with Crippen LogP contribution in [0.25, 0.3) is 0 Å². The Balaban J connectivity index is 1.69. The largest absolute Gasteiger partial charge is 0.355 e. The van der Waals surface area contributed by atoms with Crippen molar-refractivity contribution in [2.45, 2.75) is 31.7 Å². The summed E-state index contributed by atoms with van der Waals surface area (Å²) < 4.78 is 0. The lowest BCUT2D eigenvalue weighted by Crippen LogP contribution is -2.41. The Morgan fingerprint density at radius 1 is 1.39 bits per heavy atom. The van der Waals surface area contributed by atoms with E-state index in [0.717, 1.165) is 24.4 Å². The lowest BCUT2D eigenvalue weighted by Gasteiger charge is -2.17. The van der Waals surface area contributed by atoms with E-state index in [-0.39, 0.29) is 11.8 Å². The normalized spacial score (nSPS) is 14.4. The van der Waals surface area contributed by atoms with E-state index < -0.39 is 6.04 Å². The summed E-state index contributed by atoms with van der Waals surface area (Å²) in [6.07, 6.45) is 4.67. The van der Waals surface area contributed by atoms with Gasteiger partial charge in [0.25, 0.3) is 0 Å². The molecule has 0 radical (unpaired) electrons. The first-order chi connectivity index (χ1) is 11.1. The van der Waals surface area contributed by atoms with Gasteiger partial charge in [-0.2, -0.15) is 11.8 Å². The zero-order valence-corrected chi connectivity index (χ0v) is 14.4. The van der Waals surface area contributed by atoms with Crippen LogP contribution >= 0.6 is 11.8 Å². The number of anilines is 1. The third-order valence-corrected chi connectivity index (χ3v) is 4.67. The minimum Gasteiger partial charge on any atom is -0.355 e. The predicted octanol–water partition coefficient (Wildman–Crippen LogP) is 1.55. The Hall–Kier alpha value is -1.53. The summed E-state index contributed by atoms with van der Waals surface area (Å²) >= 11 is 1.68. The fourth-order valence-corrected chi connectivity index (χ4v) is 3.18. The highest BCUT2D eigenvalue weighted by atomic mass is 32.2. The maximum Gasteiger partial charge on any atom is 0.236 e. The minimum absolute atomic E-state index is 0.121. The molecule has 2 amide bonds. The molecule has 1 aromatic carbocycles. The summed E-state index contributed by atoms with van der Waals surface area (Å²) in [7, 11) is 0. The number of rotatable bonds is 8. The van der Waals surface area contributed by atoms with E-state index in [1.165, 1.54) is 5.56 Å². The molecule has 1 aliphatic heterocycles. The molecule has 23 heavy (non-hydrogen) atoms. The van der Waals surface area contributed by atoms with Gasteiger partial charge in [-0.1, -0.05) is 18.2 Å². The Kier molecular flexibility index (Phi) is 6.92. The van der Waals surface area contributed by atoms with E-state index in [9.17, 15) is 9.59 Å². The van der Waals surface area contributed by atoms with Crippen LogP contribution in [0.15, 0.2) is 24.3 Å². The van der Waals surface area contributed by atoms with Crippen molar-refractivity contribution in [3.63, 3.8) is 0 Å². The zero-order chi connectivity index (χ0) is 16.7. The molecule has 3 N–H and O–H groups in total. The van der Waals surface area contributed by atoms with Gasteiger partial charge in [0.15, 0.2) is 0 Å². The van der Waals surface area contributed by atoms with Crippen molar-refractivity contribution in [3.8, 4) is 0 Å². The van der Waals surface area contributed by atoms with Crippen LogP contribution in [0.5, 0.6) is 0 Å². The van der Waals surface area contributed by atoms with Crippen molar-refractivity contribution in [3.05, 3.63) is 29.8 Å². The van der Waals surface area contributed by atoms with Crippen LogP contribution < -0.4 is 16.0 Å². The molecule has 0 spiro atoms. The van der Waals surface area contributed by atoms with Gasteiger partial charge in [0.2, 0.25) is 11.8 Å². The summed E-state index contributed by atoms with van der Waals surface area (Å²) in [5, 5.41) is 2.81. The number of nitrogens with zero attached hydrogens (tertiary/aromatic N) is 1. The predicted molar refractivity (Wildman–Crippen MR) is 95.7 cm³/mol. The number of benzene rings is 1. The lowest BCUT2D eigenvalue weighted by atomic mass is 10.2. The van der Waals surface area contributed by atoms with Crippen LogP contribution in [-0.2, 0) is 16.0 Å². The molecule has 0 aromatic heterocycles. The molecule has 0 unspecified atom stereocenters. The standard InChI is InChI=1S/C17H25N3O2S/c1-23-12-9-14(18)17(22)19-10-4-7-16(21)20-11-8-13-5-2-3-6-15(13)20/h2-3,5-6,14H,4,7-12,18H2,1H3,(H,19,22)/t14-/m0/s1. The molecule has 0 aliphatic carbocycles. The fraction of sp³-hybridized carbons (Fsp3) is 0.529. The average Bonchev–Trinajstić information content (AvgIpc) is 3.00. The molecule has 0 saturated carbocycles. The number of para-hydroxylation sites is 1. The Morgan fingerprint density at radius 3 is 2.96 bits per heavy atom. The molecule has 0 fully saturated rings. The molecule has 0 bridgehead atoms. The second-order valence-corrected chi connectivity index (χ2v) is 6.69. The fourth-order valence-electron chi connectivity index (χ4n) is 2.69. The van der Waals surface area contributed by atoms with Gasteiger partial charge in [0, 0.05) is 25.2 Å². The van der Waals surface area contributed by atoms with Crippen molar-refractivity contribution >= 4 is 29.3 Å². The highest BCUT2D eigenvalue weighted by Gasteiger charge is 2.23. The number of carbonyl (C=O) groups excluding carboxylic acids is 2. The van der Waals surface area contributed by atoms with Gasteiger partial charge in [-0.15, -0.1) is 0 Å². The van der Waals surface area contributed by atoms with Crippen LogP contribution in [0.1, 0.15) is 24.8 Å². The maximum absolute atomic E-state index is 12.3. The highest BCUT2D eigenvalue weighted by Crippen LogP contribution is 2.27. The van der Waals surface area contributed by atoms with Gasteiger partial charge in [-0.3, -0.25) is 9.59 Å². The number of carbonyl (C=O) groups is 2. The summed E-state index contributed by atoms with van der Waals surface area (Å²) in [5.41, 5.74) is 8.06. The first-order valence-corrected chi connectivity index (χ1v) is 9.43. The Labute approximate surface area is 142 Å². The van der Waals surface area contributed by atoms with Crippen LogP contribution in [0.2, 0.25) is 0 Å². The number of hydrogen-bond donors (Lipinski definition) is 2. The average molecular weight is 335 g/mol. The summed E-state index contributed by atoms with van der Waals surface area (Å²) in [6, 6.07) is 7.57. The molecule has 1 heterocycles. The molecule has 126 valence electrons. The van der Waals surface area contributed by atoms with Crippen molar-refractivity contribution in [1.82, 2.24) is 5.32 Å². The highest BCUT2D eigenvalue weighted by molar-refractivity contribution is 7.98. The van der Waals surface area contributed by atoms with Crippen LogP contribution in [0.3, 0.4) is 0 Å². The second-order valence-electron chi connectivity index (χ2n) is 5.71. The van der Waals surface area contributed by atoms with Crippen molar-refractivity contribution in [2.24, 2.45) is 5.73 Å².